The Morgan fingerprint density at radius 1 is 1.43 bits per heavy atom. The number of likely N-dealkylation sites (N-methyl/N-ethyl adjacent to an activating group) is 1. The molecule has 1 aromatic carbocycles. The molecule has 0 aliphatic carbocycles. The Morgan fingerprint density at radius 2 is 2.21 bits per heavy atom. The minimum Gasteiger partial charge on any atom is -0.385 e. The van der Waals surface area contributed by atoms with Crippen molar-refractivity contribution >= 4 is 6.08 Å². The highest BCUT2D eigenvalue weighted by molar-refractivity contribution is 5.55. The van der Waals surface area contributed by atoms with Gasteiger partial charge in [0.2, 0.25) is 0 Å². The fourth-order valence-corrected chi connectivity index (χ4v) is 3.44. The second kappa shape index (κ2) is 10.6. The van der Waals surface area contributed by atoms with Crippen LogP contribution in [0.2, 0.25) is 0 Å². The molecule has 3 N–H and O–H groups in total. The Labute approximate surface area is 168 Å². The lowest BCUT2D eigenvalue weighted by Crippen LogP contribution is -2.36. The second-order valence-corrected chi connectivity index (χ2v) is 6.90. The van der Waals surface area contributed by atoms with Crippen molar-refractivity contribution in [2.24, 2.45) is 0 Å². The minimum absolute atomic E-state index is 0.139. The largest absolute Gasteiger partial charge is 0.385 e. The summed E-state index contributed by atoms with van der Waals surface area (Å²) in [4.78, 5) is 2.03. The monoisotopic (exact) mass is 384 g/mol. The zero-order chi connectivity index (χ0) is 20.5. The van der Waals surface area contributed by atoms with E-state index >= 15 is 0 Å². The van der Waals surface area contributed by atoms with Gasteiger partial charge in [-0.15, -0.1) is 0 Å². The molecule has 4 nitrogen and oxygen atoms in total. The van der Waals surface area contributed by atoms with Crippen molar-refractivity contribution in [3.8, 4) is 0 Å². The fraction of sp³-hybridized carbons (Fsp3) is 0.391. The summed E-state index contributed by atoms with van der Waals surface area (Å²) >= 11 is 0. The van der Waals surface area contributed by atoms with Gasteiger partial charge in [0.1, 0.15) is 0 Å². The molecule has 152 valence electrons. The van der Waals surface area contributed by atoms with Gasteiger partial charge in [-0.1, -0.05) is 36.9 Å². The lowest BCUT2D eigenvalue weighted by Gasteiger charge is -2.28. The highest BCUT2D eigenvalue weighted by atomic mass is 19.1. The summed E-state index contributed by atoms with van der Waals surface area (Å²) in [5, 5.41) is 9.63. The number of halogens is 1. The van der Waals surface area contributed by atoms with Gasteiger partial charge in [-0.25, -0.2) is 4.39 Å². The molecule has 1 heterocycles. The number of dihydropyridines is 1. The fourth-order valence-electron chi connectivity index (χ4n) is 3.44. The van der Waals surface area contributed by atoms with Crippen LogP contribution in [-0.2, 0) is 0 Å². The predicted molar refractivity (Wildman–Crippen MR) is 117 cm³/mol. The van der Waals surface area contributed by atoms with E-state index in [0.717, 1.165) is 12.4 Å². The Morgan fingerprint density at radius 3 is 2.89 bits per heavy atom. The highest BCUT2D eigenvalue weighted by Crippen LogP contribution is 2.22. The zero-order valence-electron chi connectivity index (χ0n) is 17.5. The van der Waals surface area contributed by atoms with Crippen LogP contribution in [0.25, 0.3) is 6.08 Å². The van der Waals surface area contributed by atoms with Crippen LogP contribution in [0.1, 0.15) is 43.5 Å². The molecular weight excluding hydrogens is 351 g/mol. The van der Waals surface area contributed by atoms with E-state index in [1.54, 1.807) is 0 Å². The van der Waals surface area contributed by atoms with E-state index < -0.39 is 0 Å². The summed E-state index contributed by atoms with van der Waals surface area (Å²) < 4.78 is 14.0. The Bertz CT molecular complexity index is 764. The first-order valence-electron chi connectivity index (χ1n) is 9.94. The molecule has 0 aromatic heterocycles. The van der Waals surface area contributed by atoms with E-state index in [1.165, 1.54) is 22.9 Å². The molecule has 1 atom stereocenters. The van der Waals surface area contributed by atoms with Gasteiger partial charge in [0, 0.05) is 32.4 Å². The van der Waals surface area contributed by atoms with E-state index in [0.29, 0.717) is 25.3 Å². The summed E-state index contributed by atoms with van der Waals surface area (Å²) in [6, 6.07) is 6.49. The van der Waals surface area contributed by atoms with Gasteiger partial charge in [0.05, 0.1) is 17.6 Å². The second-order valence-electron chi connectivity index (χ2n) is 6.90. The molecule has 28 heavy (non-hydrogen) atoms. The number of hydrogen-bond donors (Lipinski definition) is 3. The van der Waals surface area contributed by atoms with Crippen molar-refractivity contribution in [2.45, 2.75) is 33.7 Å². The minimum atomic E-state index is -0.213. The zero-order valence-corrected chi connectivity index (χ0v) is 17.5. The Hall–Kier alpha value is -2.69. The van der Waals surface area contributed by atoms with Crippen molar-refractivity contribution in [3.05, 3.63) is 77.2 Å². The number of nitrogens with zero attached hydrogens (tertiary/aromatic N) is 1. The Balaban J connectivity index is 1.88. The molecule has 0 amide bonds. The third-order valence-corrected chi connectivity index (χ3v) is 4.95. The van der Waals surface area contributed by atoms with Gasteiger partial charge in [-0.3, -0.25) is 0 Å². The van der Waals surface area contributed by atoms with Gasteiger partial charge in [-0.05, 0) is 50.5 Å². The molecule has 1 aliphatic heterocycles. The predicted octanol–water partition coefficient (Wildman–Crippen LogP) is 4.36. The number of nitrogens with one attached hydrogen (secondary N) is 3. The molecule has 0 saturated carbocycles. The molecule has 5 heteroatoms. The molecule has 1 unspecified atom stereocenters. The number of hydrogen-bond acceptors (Lipinski definition) is 4. The first-order chi connectivity index (χ1) is 13.5. The molecule has 1 aliphatic rings. The van der Waals surface area contributed by atoms with Crippen LogP contribution in [-0.4, -0.2) is 31.1 Å². The van der Waals surface area contributed by atoms with Gasteiger partial charge in [-0.2, -0.15) is 0 Å². The normalized spacial score (nSPS) is 14.8. The maximum Gasteiger partial charge on any atom is 0.161 e. The third kappa shape index (κ3) is 5.65. The third-order valence-electron chi connectivity index (χ3n) is 4.95. The number of allylic oxidation sites excluding steroid dienone is 2. The van der Waals surface area contributed by atoms with Gasteiger partial charge < -0.3 is 20.9 Å². The molecule has 0 fully saturated rings. The maximum atomic E-state index is 14.0. The molecule has 0 radical (unpaired) electrons. The lowest BCUT2D eigenvalue weighted by atomic mass is 9.97. The number of rotatable bonds is 10. The highest BCUT2D eigenvalue weighted by Gasteiger charge is 2.15. The molecule has 2 rings (SSSR count). The first kappa shape index (κ1) is 21.6. The number of benzene rings is 1. The van der Waals surface area contributed by atoms with Crippen molar-refractivity contribution in [1.82, 2.24) is 20.9 Å². The van der Waals surface area contributed by atoms with Crippen LogP contribution in [0.4, 0.5) is 4.39 Å². The molecule has 1 aromatic rings. The van der Waals surface area contributed by atoms with Crippen molar-refractivity contribution in [3.63, 3.8) is 0 Å². The molecule has 0 spiro atoms. The average molecular weight is 385 g/mol. The summed E-state index contributed by atoms with van der Waals surface area (Å²) in [6.45, 7) is 15.2. The SMILES string of the molecule is C=C(NCCN(CC)C1=CCNC=C1F)NC(C)c1cccc(/C=C\C)c1C. The average Bonchev–Trinajstić information content (AvgIpc) is 2.68. The molecule has 0 saturated heterocycles. The summed E-state index contributed by atoms with van der Waals surface area (Å²) in [5.41, 5.74) is 4.41. The van der Waals surface area contributed by atoms with Gasteiger partial charge >= 0.3 is 0 Å². The van der Waals surface area contributed by atoms with E-state index in [9.17, 15) is 4.39 Å². The van der Waals surface area contributed by atoms with Crippen molar-refractivity contribution in [2.75, 3.05) is 26.2 Å². The van der Waals surface area contributed by atoms with Gasteiger partial charge in [0.25, 0.3) is 0 Å². The van der Waals surface area contributed by atoms with Crippen molar-refractivity contribution < 1.29 is 4.39 Å². The van der Waals surface area contributed by atoms with Crippen LogP contribution in [0.15, 0.2) is 60.5 Å². The topological polar surface area (TPSA) is 39.3 Å². The van der Waals surface area contributed by atoms with E-state index in [2.05, 4.69) is 66.7 Å². The summed E-state index contributed by atoms with van der Waals surface area (Å²) in [7, 11) is 0. The molecular formula is C23H33FN4. The maximum absolute atomic E-state index is 14.0. The van der Waals surface area contributed by atoms with Crippen LogP contribution in [0.5, 0.6) is 0 Å². The van der Waals surface area contributed by atoms with Crippen LogP contribution in [0.3, 0.4) is 0 Å². The standard InChI is InChI=1S/C23H33FN4/c1-6-9-20-10-8-11-21(17(20)3)18(4)27-19(5)26-14-15-28(7-2)23-12-13-25-16-22(23)24/h6,8-12,16,18,25-27H,5,7,13-15H2,1-4H3/b9-6-. The lowest BCUT2D eigenvalue weighted by molar-refractivity contribution is 0.346. The summed E-state index contributed by atoms with van der Waals surface area (Å²) in [6.07, 6.45) is 7.49. The van der Waals surface area contributed by atoms with Crippen LogP contribution in [0, 0.1) is 6.92 Å². The van der Waals surface area contributed by atoms with E-state index in [1.807, 2.05) is 24.8 Å². The smallest absolute Gasteiger partial charge is 0.161 e. The summed E-state index contributed by atoms with van der Waals surface area (Å²) in [5.74, 6) is 0.560. The van der Waals surface area contributed by atoms with Crippen molar-refractivity contribution in [1.29, 1.82) is 0 Å². The van der Waals surface area contributed by atoms with E-state index in [-0.39, 0.29) is 11.9 Å². The van der Waals surface area contributed by atoms with Crippen LogP contribution < -0.4 is 16.0 Å². The first-order valence-corrected chi connectivity index (χ1v) is 9.94. The quantitative estimate of drug-likeness (QED) is 0.561. The molecule has 0 bridgehead atoms. The van der Waals surface area contributed by atoms with Crippen LogP contribution >= 0.6 is 0 Å². The van der Waals surface area contributed by atoms with Gasteiger partial charge in [0.15, 0.2) is 5.83 Å². The van der Waals surface area contributed by atoms with E-state index in [4.69, 9.17) is 0 Å². The Kier molecular flexibility index (Phi) is 8.18.